The molecule has 0 atom stereocenters. The normalized spacial score (nSPS) is 16.3. The second kappa shape index (κ2) is 6.40. The van der Waals surface area contributed by atoms with Crippen molar-refractivity contribution in [3.8, 4) is 0 Å². The zero-order valence-electron chi connectivity index (χ0n) is 9.04. The number of ether oxygens (including phenoxy) is 2. The molecule has 0 spiro atoms. The summed E-state index contributed by atoms with van der Waals surface area (Å²) in [5.41, 5.74) is 0.378. The summed E-state index contributed by atoms with van der Waals surface area (Å²) in [6.07, 6.45) is 5.98. The van der Waals surface area contributed by atoms with E-state index in [-0.39, 0.29) is 18.7 Å². The van der Waals surface area contributed by atoms with Crippen molar-refractivity contribution in [1.29, 1.82) is 0 Å². The molecule has 3 heteroatoms. The largest absolute Gasteiger partial charge is 0.459 e. The lowest BCUT2D eigenvalue weighted by Crippen LogP contribution is -2.18. The Morgan fingerprint density at radius 3 is 2.67 bits per heavy atom. The Balaban J connectivity index is 2.20. The van der Waals surface area contributed by atoms with Gasteiger partial charge in [0.15, 0.2) is 0 Å². The van der Waals surface area contributed by atoms with Crippen LogP contribution in [0, 0.1) is 0 Å². The van der Waals surface area contributed by atoms with Crippen molar-refractivity contribution in [2.45, 2.75) is 31.8 Å². The highest BCUT2D eigenvalue weighted by molar-refractivity contribution is 5.88. The molecule has 1 aliphatic rings. The molecule has 1 rings (SSSR count). The molecule has 1 aliphatic carbocycles. The van der Waals surface area contributed by atoms with Crippen LogP contribution in [0.4, 0.5) is 0 Å². The topological polar surface area (TPSA) is 35.5 Å². The molecule has 84 valence electrons. The summed E-state index contributed by atoms with van der Waals surface area (Å²) in [7, 11) is 0. The number of rotatable bonds is 6. The van der Waals surface area contributed by atoms with Crippen LogP contribution < -0.4 is 0 Å². The van der Waals surface area contributed by atoms with E-state index < -0.39 is 0 Å². The Kier molecular flexibility index (Phi) is 5.12. The van der Waals surface area contributed by atoms with Gasteiger partial charge in [-0.1, -0.05) is 12.7 Å². The number of hydrogen-bond donors (Lipinski definition) is 0. The molecule has 0 aromatic carbocycles. The molecule has 0 aromatic heterocycles. The summed E-state index contributed by atoms with van der Waals surface area (Å²) in [6.45, 7) is 7.80. The molecular formula is C12H18O3. The zero-order chi connectivity index (χ0) is 11.1. The summed E-state index contributed by atoms with van der Waals surface area (Å²) < 4.78 is 10.4. The fraction of sp³-hybridized carbons (Fsp3) is 0.583. The zero-order valence-corrected chi connectivity index (χ0v) is 9.04. The van der Waals surface area contributed by atoms with E-state index >= 15 is 0 Å². The van der Waals surface area contributed by atoms with E-state index in [4.69, 9.17) is 9.47 Å². The van der Waals surface area contributed by atoms with Gasteiger partial charge in [0.25, 0.3) is 0 Å². The Hall–Kier alpha value is -1.09. The summed E-state index contributed by atoms with van der Waals surface area (Å²) in [5.74, 6) is -0.328. The standard InChI is InChI=1S/C12H18O3/c1-3-8-14-9-10(2)12(13)15-11-6-4-5-7-11/h3,11H,1-2,4-9H2. The highest BCUT2D eigenvalue weighted by Crippen LogP contribution is 2.21. The predicted molar refractivity (Wildman–Crippen MR) is 58.5 cm³/mol. The summed E-state index contributed by atoms with van der Waals surface area (Å²) in [5, 5.41) is 0. The van der Waals surface area contributed by atoms with Gasteiger partial charge >= 0.3 is 5.97 Å². The van der Waals surface area contributed by atoms with Crippen LogP contribution in [0.2, 0.25) is 0 Å². The number of esters is 1. The third-order valence-electron chi connectivity index (χ3n) is 2.38. The third kappa shape index (κ3) is 4.30. The second-order valence-corrected chi connectivity index (χ2v) is 3.72. The lowest BCUT2D eigenvalue weighted by molar-refractivity contribution is -0.144. The molecule has 0 saturated heterocycles. The van der Waals surface area contributed by atoms with E-state index in [2.05, 4.69) is 13.2 Å². The van der Waals surface area contributed by atoms with E-state index in [0.717, 1.165) is 25.7 Å². The Bertz CT molecular complexity index is 239. The summed E-state index contributed by atoms with van der Waals surface area (Å²) >= 11 is 0. The van der Waals surface area contributed by atoms with Gasteiger partial charge in [-0.2, -0.15) is 0 Å². The molecule has 0 aromatic rings. The highest BCUT2D eigenvalue weighted by Gasteiger charge is 2.20. The first kappa shape index (κ1) is 12.0. The van der Waals surface area contributed by atoms with Crippen LogP contribution in [-0.2, 0) is 14.3 Å². The van der Waals surface area contributed by atoms with E-state index in [1.54, 1.807) is 6.08 Å². The van der Waals surface area contributed by atoms with Crippen molar-refractivity contribution in [2.24, 2.45) is 0 Å². The van der Waals surface area contributed by atoms with Gasteiger partial charge in [-0.3, -0.25) is 0 Å². The highest BCUT2D eigenvalue weighted by atomic mass is 16.5. The van der Waals surface area contributed by atoms with Gasteiger partial charge in [0.1, 0.15) is 6.10 Å². The van der Waals surface area contributed by atoms with Crippen molar-refractivity contribution in [2.75, 3.05) is 13.2 Å². The Morgan fingerprint density at radius 2 is 2.07 bits per heavy atom. The number of carbonyl (C=O) groups is 1. The fourth-order valence-corrected chi connectivity index (χ4v) is 1.57. The van der Waals surface area contributed by atoms with Crippen LogP contribution in [-0.4, -0.2) is 25.3 Å². The van der Waals surface area contributed by atoms with Gasteiger partial charge in [-0.05, 0) is 25.7 Å². The fourth-order valence-electron chi connectivity index (χ4n) is 1.57. The lowest BCUT2D eigenvalue weighted by atomic mass is 10.3. The summed E-state index contributed by atoms with van der Waals surface area (Å²) in [4.78, 5) is 11.5. The molecule has 0 radical (unpaired) electrons. The average molecular weight is 210 g/mol. The van der Waals surface area contributed by atoms with Crippen LogP contribution in [0.25, 0.3) is 0 Å². The minimum Gasteiger partial charge on any atom is -0.459 e. The van der Waals surface area contributed by atoms with E-state index in [1.165, 1.54) is 0 Å². The molecule has 1 saturated carbocycles. The quantitative estimate of drug-likeness (QED) is 0.292. The third-order valence-corrected chi connectivity index (χ3v) is 2.38. The van der Waals surface area contributed by atoms with Crippen LogP contribution in [0.1, 0.15) is 25.7 Å². The molecule has 15 heavy (non-hydrogen) atoms. The maximum absolute atomic E-state index is 11.5. The molecule has 1 fully saturated rings. The SMILES string of the molecule is C=CCOCC(=C)C(=O)OC1CCCC1. The molecule has 0 N–H and O–H groups in total. The van der Waals surface area contributed by atoms with E-state index in [9.17, 15) is 4.79 Å². The van der Waals surface area contributed by atoms with Gasteiger partial charge in [0.05, 0.1) is 18.8 Å². The molecule has 0 bridgehead atoms. The minimum absolute atomic E-state index is 0.0913. The predicted octanol–water partition coefficient (Wildman–Crippen LogP) is 2.23. The van der Waals surface area contributed by atoms with Crippen LogP contribution in [0.5, 0.6) is 0 Å². The van der Waals surface area contributed by atoms with Gasteiger partial charge in [0.2, 0.25) is 0 Å². The van der Waals surface area contributed by atoms with Gasteiger partial charge < -0.3 is 9.47 Å². The molecule has 0 amide bonds. The van der Waals surface area contributed by atoms with Gasteiger partial charge in [-0.25, -0.2) is 4.79 Å². The molecular weight excluding hydrogens is 192 g/mol. The molecule has 0 aliphatic heterocycles. The number of hydrogen-bond acceptors (Lipinski definition) is 3. The van der Waals surface area contributed by atoms with Crippen molar-refractivity contribution < 1.29 is 14.3 Å². The van der Waals surface area contributed by atoms with Crippen LogP contribution in [0.3, 0.4) is 0 Å². The van der Waals surface area contributed by atoms with Gasteiger partial charge in [0, 0.05) is 0 Å². The summed E-state index contributed by atoms with van der Waals surface area (Å²) in [6, 6.07) is 0. The maximum atomic E-state index is 11.5. The smallest absolute Gasteiger partial charge is 0.336 e. The molecule has 3 nitrogen and oxygen atoms in total. The van der Waals surface area contributed by atoms with Gasteiger partial charge in [-0.15, -0.1) is 6.58 Å². The first-order valence-corrected chi connectivity index (χ1v) is 5.31. The Labute approximate surface area is 90.8 Å². The maximum Gasteiger partial charge on any atom is 0.336 e. The molecule has 0 unspecified atom stereocenters. The van der Waals surface area contributed by atoms with E-state index in [1.807, 2.05) is 0 Å². The monoisotopic (exact) mass is 210 g/mol. The lowest BCUT2D eigenvalue weighted by Gasteiger charge is -2.12. The first-order valence-electron chi connectivity index (χ1n) is 5.31. The van der Waals surface area contributed by atoms with Crippen molar-refractivity contribution >= 4 is 5.97 Å². The molecule has 0 heterocycles. The minimum atomic E-state index is -0.328. The second-order valence-electron chi connectivity index (χ2n) is 3.72. The van der Waals surface area contributed by atoms with Crippen LogP contribution in [0.15, 0.2) is 24.8 Å². The first-order chi connectivity index (χ1) is 7.24. The van der Waals surface area contributed by atoms with Crippen molar-refractivity contribution in [1.82, 2.24) is 0 Å². The van der Waals surface area contributed by atoms with E-state index in [0.29, 0.717) is 12.2 Å². The number of carbonyl (C=O) groups excluding carboxylic acids is 1. The Morgan fingerprint density at radius 1 is 1.40 bits per heavy atom. The van der Waals surface area contributed by atoms with Crippen LogP contribution >= 0.6 is 0 Å². The average Bonchev–Trinajstić information content (AvgIpc) is 2.70. The van der Waals surface area contributed by atoms with Crippen molar-refractivity contribution in [3.05, 3.63) is 24.8 Å². The van der Waals surface area contributed by atoms with Crippen molar-refractivity contribution in [3.63, 3.8) is 0 Å².